The predicted octanol–water partition coefficient (Wildman–Crippen LogP) is 3.51. The summed E-state index contributed by atoms with van der Waals surface area (Å²) < 4.78 is 48.7. The lowest BCUT2D eigenvalue weighted by Gasteiger charge is -2.06. The molecule has 0 bridgehead atoms. The summed E-state index contributed by atoms with van der Waals surface area (Å²) >= 11 is 0. The van der Waals surface area contributed by atoms with Crippen LogP contribution in [-0.4, -0.2) is 19.7 Å². The van der Waals surface area contributed by atoms with E-state index in [1.807, 2.05) is 0 Å². The molecule has 0 saturated carbocycles. The van der Waals surface area contributed by atoms with Crippen LogP contribution in [0.2, 0.25) is 0 Å². The van der Waals surface area contributed by atoms with Gasteiger partial charge in [0.2, 0.25) is 0 Å². The summed E-state index contributed by atoms with van der Waals surface area (Å²) in [5, 5.41) is 0. The van der Waals surface area contributed by atoms with Crippen LogP contribution in [0.1, 0.15) is 15.9 Å². The standard InChI is InChI=1S/C16H13F3O3/c1-21-7-6-10-2-4-11(5-3-10)16(20)22-12-8-13(17)15(19)14(18)9-12/h2-5,8-9H,6-7H2,1H3. The van der Waals surface area contributed by atoms with Crippen LogP contribution in [-0.2, 0) is 11.2 Å². The second-order valence-corrected chi connectivity index (χ2v) is 4.53. The van der Waals surface area contributed by atoms with Gasteiger partial charge in [-0.05, 0) is 24.1 Å². The van der Waals surface area contributed by atoms with Gasteiger partial charge in [-0.2, -0.15) is 0 Å². The van der Waals surface area contributed by atoms with Gasteiger partial charge in [0.1, 0.15) is 5.75 Å². The number of hydrogen-bond donors (Lipinski definition) is 0. The molecule has 0 amide bonds. The molecule has 0 aliphatic heterocycles. The number of rotatable bonds is 5. The van der Waals surface area contributed by atoms with Gasteiger partial charge in [0, 0.05) is 19.2 Å². The van der Waals surface area contributed by atoms with E-state index in [-0.39, 0.29) is 5.56 Å². The highest BCUT2D eigenvalue weighted by molar-refractivity contribution is 5.91. The van der Waals surface area contributed by atoms with Gasteiger partial charge >= 0.3 is 5.97 Å². The SMILES string of the molecule is COCCc1ccc(C(=O)Oc2cc(F)c(F)c(F)c2)cc1. The van der Waals surface area contributed by atoms with Crippen molar-refractivity contribution in [1.29, 1.82) is 0 Å². The predicted molar refractivity (Wildman–Crippen MR) is 73.3 cm³/mol. The Bertz CT molecular complexity index is 646. The van der Waals surface area contributed by atoms with Crippen LogP contribution >= 0.6 is 0 Å². The third-order valence-electron chi connectivity index (χ3n) is 2.95. The van der Waals surface area contributed by atoms with E-state index < -0.39 is 29.2 Å². The van der Waals surface area contributed by atoms with E-state index in [2.05, 4.69) is 0 Å². The van der Waals surface area contributed by atoms with Crippen LogP contribution in [0.5, 0.6) is 5.75 Å². The van der Waals surface area contributed by atoms with E-state index in [1.165, 1.54) is 12.1 Å². The Hall–Kier alpha value is -2.34. The molecule has 2 aromatic carbocycles. The monoisotopic (exact) mass is 310 g/mol. The van der Waals surface area contributed by atoms with Crippen molar-refractivity contribution in [3.05, 3.63) is 65.0 Å². The summed E-state index contributed by atoms with van der Waals surface area (Å²) in [7, 11) is 1.59. The van der Waals surface area contributed by atoms with E-state index in [0.29, 0.717) is 25.2 Å². The second kappa shape index (κ2) is 7.09. The van der Waals surface area contributed by atoms with Crippen LogP contribution in [0, 0.1) is 17.5 Å². The van der Waals surface area contributed by atoms with Gasteiger partial charge in [0.25, 0.3) is 0 Å². The minimum Gasteiger partial charge on any atom is -0.423 e. The van der Waals surface area contributed by atoms with Crippen molar-refractivity contribution in [3.8, 4) is 5.75 Å². The lowest BCUT2D eigenvalue weighted by Crippen LogP contribution is -2.09. The molecule has 2 rings (SSSR count). The van der Waals surface area contributed by atoms with Crippen molar-refractivity contribution in [2.75, 3.05) is 13.7 Å². The van der Waals surface area contributed by atoms with E-state index >= 15 is 0 Å². The molecule has 2 aromatic rings. The van der Waals surface area contributed by atoms with Crippen LogP contribution in [0.3, 0.4) is 0 Å². The average Bonchev–Trinajstić information content (AvgIpc) is 2.51. The molecule has 0 spiro atoms. The van der Waals surface area contributed by atoms with E-state index in [0.717, 1.165) is 5.56 Å². The van der Waals surface area contributed by atoms with Crippen molar-refractivity contribution in [2.24, 2.45) is 0 Å². The smallest absolute Gasteiger partial charge is 0.343 e. The molecule has 0 aliphatic carbocycles. The Labute approximate surface area is 125 Å². The maximum Gasteiger partial charge on any atom is 0.343 e. The van der Waals surface area contributed by atoms with Crippen LogP contribution in [0.4, 0.5) is 13.2 Å². The van der Waals surface area contributed by atoms with Gasteiger partial charge in [0.15, 0.2) is 17.5 Å². The zero-order valence-corrected chi connectivity index (χ0v) is 11.7. The molecule has 116 valence electrons. The van der Waals surface area contributed by atoms with Crippen LogP contribution < -0.4 is 4.74 Å². The van der Waals surface area contributed by atoms with Crippen molar-refractivity contribution in [1.82, 2.24) is 0 Å². The second-order valence-electron chi connectivity index (χ2n) is 4.53. The molecule has 0 unspecified atom stereocenters. The zero-order chi connectivity index (χ0) is 16.1. The topological polar surface area (TPSA) is 35.5 Å². The number of benzene rings is 2. The first-order valence-corrected chi connectivity index (χ1v) is 6.46. The molecule has 0 radical (unpaired) electrons. The van der Waals surface area contributed by atoms with Crippen molar-refractivity contribution in [2.45, 2.75) is 6.42 Å². The fraction of sp³-hybridized carbons (Fsp3) is 0.188. The summed E-state index contributed by atoms with van der Waals surface area (Å²) in [6.07, 6.45) is 0.695. The highest BCUT2D eigenvalue weighted by Crippen LogP contribution is 2.20. The molecular weight excluding hydrogens is 297 g/mol. The fourth-order valence-corrected chi connectivity index (χ4v) is 1.78. The number of halogens is 3. The maximum atomic E-state index is 13.0. The minimum absolute atomic E-state index is 0.214. The molecule has 0 saturated heterocycles. The first-order chi connectivity index (χ1) is 10.5. The van der Waals surface area contributed by atoms with Gasteiger partial charge in [-0.3, -0.25) is 0 Å². The van der Waals surface area contributed by atoms with E-state index in [1.54, 1.807) is 19.2 Å². The average molecular weight is 310 g/mol. The molecule has 6 heteroatoms. The molecule has 0 N–H and O–H groups in total. The maximum absolute atomic E-state index is 13.0. The van der Waals surface area contributed by atoms with Crippen LogP contribution in [0.15, 0.2) is 36.4 Å². The Morgan fingerprint density at radius 1 is 1.05 bits per heavy atom. The molecular formula is C16H13F3O3. The fourth-order valence-electron chi connectivity index (χ4n) is 1.78. The quantitative estimate of drug-likeness (QED) is 0.481. The lowest BCUT2D eigenvalue weighted by molar-refractivity contribution is 0.0733. The van der Waals surface area contributed by atoms with Gasteiger partial charge < -0.3 is 9.47 Å². The third kappa shape index (κ3) is 3.85. The number of hydrogen-bond acceptors (Lipinski definition) is 3. The molecule has 0 heterocycles. The molecule has 22 heavy (non-hydrogen) atoms. The van der Waals surface area contributed by atoms with Gasteiger partial charge in [-0.25, -0.2) is 18.0 Å². The minimum atomic E-state index is -1.61. The summed E-state index contributed by atoms with van der Waals surface area (Å²) in [5.41, 5.74) is 1.18. The first-order valence-electron chi connectivity index (χ1n) is 6.46. The summed E-state index contributed by atoms with van der Waals surface area (Å²) in [5.74, 6) is -5.63. The zero-order valence-electron chi connectivity index (χ0n) is 11.7. The number of esters is 1. The van der Waals surface area contributed by atoms with Gasteiger partial charge in [-0.15, -0.1) is 0 Å². The number of carbonyl (C=O) groups excluding carboxylic acids is 1. The Balaban J connectivity index is 2.09. The van der Waals surface area contributed by atoms with E-state index in [4.69, 9.17) is 9.47 Å². The van der Waals surface area contributed by atoms with Crippen molar-refractivity contribution < 1.29 is 27.4 Å². The van der Waals surface area contributed by atoms with Gasteiger partial charge in [0.05, 0.1) is 12.2 Å². The Morgan fingerprint density at radius 2 is 1.64 bits per heavy atom. The number of carbonyl (C=O) groups is 1. The molecule has 3 nitrogen and oxygen atoms in total. The summed E-state index contributed by atoms with van der Waals surface area (Å²) in [6, 6.07) is 7.74. The third-order valence-corrected chi connectivity index (χ3v) is 2.95. The van der Waals surface area contributed by atoms with E-state index in [9.17, 15) is 18.0 Å². The Morgan fingerprint density at radius 3 is 2.18 bits per heavy atom. The first kappa shape index (κ1) is 16.0. The Kier molecular flexibility index (Phi) is 5.16. The molecule has 0 aliphatic rings. The largest absolute Gasteiger partial charge is 0.423 e. The van der Waals surface area contributed by atoms with Gasteiger partial charge in [-0.1, -0.05) is 12.1 Å². The highest BCUT2D eigenvalue weighted by atomic mass is 19.2. The molecule has 0 atom stereocenters. The van der Waals surface area contributed by atoms with Crippen molar-refractivity contribution in [3.63, 3.8) is 0 Å². The number of methoxy groups -OCH3 is 1. The number of ether oxygens (including phenoxy) is 2. The van der Waals surface area contributed by atoms with Crippen molar-refractivity contribution >= 4 is 5.97 Å². The highest BCUT2D eigenvalue weighted by Gasteiger charge is 2.14. The molecule has 0 aromatic heterocycles. The summed E-state index contributed by atoms with van der Waals surface area (Å²) in [4.78, 5) is 11.9. The molecule has 0 fully saturated rings. The van der Waals surface area contributed by atoms with Crippen LogP contribution in [0.25, 0.3) is 0 Å². The summed E-state index contributed by atoms with van der Waals surface area (Å²) in [6.45, 7) is 0.553. The normalized spacial score (nSPS) is 10.5. The lowest BCUT2D eigenvalue weighted by atomic mass is 10.1.